The van der Waals surface area contributed by atoms with Crippen LogP contribution in [0.1, 0.15) is 38.7 Å². The maximum Gasteiger partial charge on any atom is 0.143 e. The van der Waals surface area contributed by atoms with Gasteiger partial charge >= 0.3 is 0 Å². The van der Waals surface area contributed by atoms with Crippen LogP contribution in [-0.4, -0.2) is 26.2 Å². The Morgan fingerprint density at radius 2 is 2.20 bits per heavy atom. The summed E-state index contributed by atoms with van der Waals surface area (Å²) >= 11 is 0. The van der Waals surface area contributed by atoms with Crippen molar-refractivity contribution in [1.82, 2.24) is 20.2 Å². The van der Waals surface area contributed by atoms with E-state index in [2.05, 4.69) is 59.8 Å². The summed E-state index contributed by atoms with van der Waals surface area (Å²) in [5.74, 6) is 0. The topological polar surface area (TPSA) is 55.6 Å². The van der Waals surface area contributed by atoms with Gasteiger partial charge in [-0.15, -0.1) is 5.10 Å². The molecule has 20 heavy (non-hydrogen) atoms. The molecule has 1 heterocycles. The Hall–Kier alpha value is -1.91. The zero-order valence-corrected chi connectivity index (χ0v) is 12.3. The van der Waals surface area contributed by atoms with Gasteiger partial charge in [-0.1, -0.05) is 26.3 Å². The number of aromatic nitrogens is 4. The normalized spacial score (nSPS) is 21.1. The van der Waals surface area contributed by atoms with Gasteiger partial charge in [-0.25, -0.2) is 4.68 Å². The number of nitrogens with one attached hydrogen (secondary N) is 1. The second kappa shape index (κ2) is 4.89. The lowest BCUT2D eigenvalue weighted by Gasteiger charge is -2.29. The highest BCUT2D eigenvalue weighted by Gasteiger charge is 2.34. The number of hydrogen-bond donors (Lipinski definition) is 1. The maximum absolute atomic E-state index is 3.98. The van der Waals surface area contributed by atoms with Gasteiger partial charge in [-0.05, 0) is 53.3 Å². The van der Waals surface area contributed by atoms with Crippen LogP contribution in [0.15, 0.2) is 24.5 Å². The van der Waals surface area contributed by atoms with Crippen LogP contribution in [0.3, 0.4) is 0 Å². The van der Waals surface area contributed by atoms with Gasteiger partial charge in [0.25, 0.3) is 0 Å². The molecule has 1 saturated carbocycles. The Morgan fingerprint density at radius 1 is 1.35 bits per heavy atom. The van der Waals surface area contributed by atoms with E-state index in [9.17, 15) is 0 Å². The number of anilines is 1. The van der Waals surface area contributed by atoms with Crippen LogP contribution in [0.4, 0.5) is 5.69 Å². The van der Waals surface area contributed by atoms with Crippen molar-refractivity contribution in [2.75, 3.05) is 5.32 Å². The van der Waals surface area contributed by atoms with Crippen molar-refractivity contribution in [2.45, 2.75) is 46.1 Å². The highest BCUT2D eigenvalue weighted by atomic mass is 15.5. The summed E-state index contributed by atoms with van der Waals surface area (Å²) in [6.07, 6.45) is 5.46. The predicted octanol–water partition coefficient (Wildman–Crippen LogP) is 2.96. The van der Waals surface area contributed by atoms with Gasteiger partial charge in [-0.3, -0.25) is 0 Å². The summed E-state index contributed by atoms with van der Waals surface area (Å²) in [6, 6.07) is 6.91. The van der Waals surface area contributed by atoms with Crippen LogP contribution in [0.25, 0.3) is 5.69 Å². The zero-order valence-electron chi connectivity index (χ0n) is 12.3. The Bertz CT molecular complexity index is 588. The van der Waals surface area contributed by atoms with Crippen LogP contribution < -0.4 is 5.32 Å². The van der Waals surface area contributed by atoms with Crippen LogP contribution in [0.2, 0.25) is 0 Å². The number of tetrazole rings is 1. The summed E-state index contributed by atoms with van der Waals surface area (Å²) in [7, 11) is 0. The molecule has 1 N–H and O–H groups in total. The molecule has 5 heteroatoms. The van der Waals surface area contributed by atoms with Gasteiger partial charge in [0.1, 0.15) is 6.33 Å². The third-order valence-corrected chi connectivity index (χ3v) is 4.40. The van der Waals surface area contributed by atoms with Crippen LogP contribution in [0.5, 0.6) is 0 Å². The minimum atomic E-state index is 0.361. The monoisotopic (exact) mass is 271 g/mol. The summed E-state index contributed by atoms with van der Waals surface area (Å²) in [4.78, 5) is 0. The van der Waals surface area contributed by atoms with E-state index < -0.39 is 0 Å². The van der Waals surface area contributed by atoms with Crippen molar-refractivity contribution in [2.24, 2.45) is 5.41 Å². The van der Waals surface area contributed by atoms with Crippen LogP contribution in [-0.2, 0) is 0 Å². The lowest BCUT2D eigenvalue weighted by Crippen LogP contribution is -2.30. The average molecular weight is 271 g/mol. The molecule has 0 spiro atoms. The number of nitrogens with zero attached hydrogens (tertiary/aromatic N) is 4. The largest absolute Gasteiger partial charge is 0.382 e. The Morgan fingerprint density at radius 3 is 2.85 bits per heavy atom. The number of benzene rings is 1. The van der Waals surface area contributed by atoms with Gasteiger partial charge in [0.2, 0.25) is 0 Å². The molecule has 0 aliphatic heterocycles. The highest BCUT2D eigenvalue weighted by molar-refractivity contribution is 5.55. The van der Waals surface area contributed by atoms with Crippen molar-refractivity contribution in [3.8, 4) is 5.69 Å². The summed E-state index contributed by atoms with van der Waals surface area (Å²) < 4.78 is 1.71. The average Bonchev–Trinajstić information content (AvgIpc) is 3.02. The van der Waals surface area contributed by atoms with Crippen molar-refractivity contribution in [3.63, 3.8) is 0 Å². The Labute approximate surface area is 119 Å². The summed E-state index contributed by atoms with van der Waals surface area (Å²) in [5.41, 5.74) is 3.69. The minimum Gasteiger partial charge on any atom is -0.382 e. The summed E-state index contributed by atoms with van der Waals surface area (Å²) in [6.45, 7) is 6.75. The van der Waals surface area contributed by atoms with Crippen molar-refractivity contribution in [3.05, 3.63) is 30.1 Å². The smallest absolute Gasteiger partial charge is 0.143 e. The van der Waals surface area contributed by atoms with E-state index in [1.165, 1.54) is 19.3 Å². The molecule has 0 amide bonds. The summed E-state index contributed by atoms with van der Waals surface area (Å²) in [5, 5.41) is 15.1. The lowest BCUT2D eigenvalue weighted by molar-refractivity contribution is 0.350. The fourth-order valence-electron chi connectivity index (χ4n) is 3.01. The first-order valence-corrected chi connectivity index (χ1v) is 7.17. The standard InChI is InChI=1S/C15H21N5/c1-11-6-7-12(9-13(11)20-10-16-18-19-20)17-14-5-4-8-15(14,2)3/h6-7,9-10,14,17H,4-5,8H2,1-3H3. The van der Waals surface area contributed by atoms with Gasteiger partial charge in [0.15, 0.2) is 0 Å². The van der Waals surface area contributed by atoms with Gasteiger partial charge < -0.3 is 5.32 Å². The van der Waals surface area contributed by atoms with E-state index in [-0.39, 0.29) is 0 Å². The molecule has 1 atom stereocenters. The van der Waals surface area contributed by atoms with Crippen molar-refractivity contribution >= 4 is 5.69 Å². The quantitative estimate of drug-likeness (QED) is 0.932. The first-order valence-electron chi connectivity index (χ1n) is 7.17. The molecule has 1 aliphatic carbocycles. The number of aryl methyl sites for hydroxylation is 1. The molecule has 2 aromatic rings. The first-order chi connectivity index (χ1) is 9.56. The Balaban J connectivity index is 1.86. The minimum absolute atomic E-state index is 0.361. The molecule has 0 radical (unpaired) electrons. The molecule has 1 fully saturated rings. The van der Waals surface area contributed by atoms with E-state index in [0.29, 0.717) is 11.5 Å². The van der Waals surface area contributed by atoms with Crippen molar-refractivity contribution < 1.29 is 0 Å². The lowest BCUT2D eigenvalue weighted by atomic mass is 9.87. The van der Waals surface area contributed by atoms with E-state index in [1.54, 1.807) is 11.0 Å². The second-order valence-electron chi connectivity index (χ2n) is 6.33. The molecular formula is C15H21N5. The molecule has 5 nitrogen and oxygen atoms in total. The molecule has 106 valence electrons. The van der Waals surface area contributed by atoms with Gasteiger partial charge in [-0.2, -0.15) is 0 Å². The molecule has 1 aliphatic rings. The molecule has 0 bridgehead atoms. The third-order valence-electron chi connectivity index (χ3n) is 4.40. The van der Waals surface area contributed by atoms with Gasteiger partial charge in [0, 0.05) is 11.7 Å². The molecule has 1 unspecified atom stereocenters. The fourth-order valence-corrected chi connectivity index (χ4v) is 3.01. The molecule has 1 aromatic heterocycles. The molecule has 1 aromatic carbocycles. The van der Waals surface area contributed by atoms with E-state index in [1.807, 2.05) is 0 Å². The van der Waals surface area contributed by atoms with E-state index >= 15 is 0 Å². The second-order valence-corrected chi connectivity index (χ2v) is 6.33. The molecular weight excluding hydrogens is 250 g/mol. The molecule has 0 saturated heterocycles. The van der Waals surface area contributed by atoms with E-state index in [4.69, 9.17) is 0 Å². The van der Waals surface area contributed by atoms with E-state index in [0.717, 1.165) is 16.9 Å². The van der Waals surface area contributed by atoms with Crippen LogP contribution in [0, 0.1) is 12.3 Å². The SMILES string of the molecule is Cc1ccc(NC2CCCC2(C)C)cc1-n1cnnn1. The fraction of sp³-hybridized carbons (Fsp3) is 0.533. The zero-order chi connectivity index (χ0) is 14.2. The van der Waals surface area contributed by atoms with Crippen molar-refractivity contribution in [1.29, 1.82) is 0 Å². The number of hydrogen-bond acceptors (Lipinski definition) is 4. The highest BCUT2D eigenvalue weighted by Crippen LogP contribution is 2.39. The van der Waals surface area contributed by atoms with Gasteiger partial charge in [0.05, 0.1) is 5.69 Å². The molecule has 3 rings (SSSR count). The third kappa shape index (κ3) is 2.40. The predicted molar refractivity (Wildman–Crippen MR) is 78.9 cm³/mol. The Kier molecular flexibility index (Phi) is 3.20. The maximum atomic E-state index is 3.98. The first kappa shape index (κ1) is 13.1. The van der Waals surface area contributed by atoms with Crippen LogP contribution >= 0.6 is 0 Å². The number of rotatable bonds is 3.